The molecule has 0 aliphatic carbocycles. The van der Waals surface area contributed by atoms with E-state index in [0.29, 0.717) is 24.0 Å². The number of piperazine rings is 1. The fourth-order valence-corrected chi connectivity index (χ4v) is 3.46. The predicted octanol–water partition coefficient (Wildman–Crippen LogP) is 2.42. The van der Waals surface area contributed by atoms with E-state index in [1.54, 1.807) is 17.6 Å². The number of thiazole rings is 1. The van der Waals surface area contributed by atoms with Crippen molar-refractivity contribution >= 4 is 16.5 Å². The molecule has 3 aromatic rings. The Balaban J connectivity index is 1.34. The molecule has 23 heavy (non-hydrogen) atoms. The summed E-state index contributed by atoms with van der Waals surface area (Å²) >= 11 is 1.71. The number of anilines is 1. The first-order chi connectivity index (χ1) is 11.3. The third-order valence-corrected chi connectivity index (χ3v) is 4.84. The molecule has 1 aliphatic rings. The molecule has 3 aromatic heterocycles. The molecule has 0 atom stereocenters. The van der Waals surface area contributed by atoms with E-state index in [1.165, 1.54) is 0 Å². The summed E-state index contributed by atoms with van der Waals surface area (Å²) < 4.78 is 10.6. The second-order valence-electron chi connectivity index (χ2n) is 5.52. The lowest BCUT2D eigenvalue weighted by molar-refractivity contribution is 0.215. The monoisotopic (exact) mass is 331 g/mol. The fraction of sp³-hybridized carbons (Fsp3) is 0.400. The van der Waals surface area contributed by atoms with Crippen LogP contribution in [0.5, 0.6) is 0 Å². The van der Waals surface area contributed by atoms with Gasteiger partial charge in [-0.25, -0.2) is 4.98 Å². The van der Waals surface area contributed by atoms with Gasteiger partial charge in [-0.1, -0.05) is 5.16 Å². The van der Waals surface area contributed by atoms with E-state index in [4.69, 9.17) is 8.94 Å². The Morgan fingerprint density at radius 1 is 1.22 bits per heavy atom. The summed E-state index contributed by atoms with van der Waals surface area (Å²) in [6.45, 7) is 6.54. The molecule has 4 heterocycles. The van der Waals surface area contributed by atoms with Gasteiger partial charge in [0.1, 0.15) is 0 Å². The lowest BCUT2D eigenvalue weighted by Crippen LogP contribution is -2.46. The van der Waals surface area contributed by atoms with Gasteiger partial charge < -0.3 is 13.8 Å². The number of hydrogen-bond acceptors (Lipinski definition) is 8. The van der Waals surface area contributed by atoms with Gasteiger partial charge in [0.25, 0.3) is 0 Å². The van der Waals surface area contributed by atoms with Gasteiger partial charge in [-0.05, 0) is 19.1 Å². The normalized spacial score (nSPS) is 16.1. The van der Waals surface area contributed by atoms with Crippen LogP contribution in [0.3, 0.4) is 0 Å². The molecular formula is C15H17N5O2S. The third kappa shape index (κ3) is 3.13. The van der Waals surface area contributed by atoms with Gasteiger partial charge in [0, 0.05) is 31.6 Å². The Bertz CT molecular complexity index is 759. The Labute approximate surface area is 137 Å². The van der Waals surface area contributed by atoms with Gasteiger partial charge in [-0.2, -0.15) is 4.98 Å². The molecule has 0 amide bonds. The maximum atomic E-state index is 5.32. The molecule has 1 aliphatic heterocycles. The van der Waals surface area contributed by atoms with Crippen LogP contribution in [0.15, 0.2) is 32.7 Å². The van der Waals surface area contributed by atoms with Gasteiger partial charge in [0.2, 0.25) is 11.7 Å². The third-order valence-electron chi connectivity index (χ3n) is 3.82. The highest BCUT2D eigenvalue weighted by Gasteiger charge is 2.21. The zero-order valence-electron chi connectivity index (χ0n) is 12.8. The minimum atomic E-state index is 0.502. The first kappa shape index (κ1) is 14.4. The van der Waals surface area contributed by atoms with Gasteiger partial charge in [0.05, 0.1) is 18.5 Å². The van der Waals surface area contributed by atoms with E-state index in [9.17, 15) is 0 Å². The molecule has 0 radical (unpaired) electrons. The summed E-state index contributed by atoms with van der Waals surface area (Å²) in [6, 6.07) is 3.63. The van der Waals surface area contributed by atoms with Crippen LogP contribution < -0.4 is 4.90 Å². The standard InChI is InChI=1S/C15H17N5O2S/c1-11-10-23-15(16-11)20-6-4-19(5-7-20)9-13-17-14(18-22-13)12-3-2-8-21-12/h2-3,8,10H,4-7,9H2,1H3. The first-order valence-corrected chi connectivity index (χ1v) is 8.42. The predicted molar refractivity (Wildman–Crippen MR) is 86.3 cm³/mol. The van der Waals surface area contributed by atoms with E-state index in [0.717, 1.165) is 37.0 Å². The van der Waals surface area contributed by atoms with Crippen LogP contribution in [0.1, 0.15) is 11.6 Å². The number of furan rings is 1. The van der Waals surface area contributed by atoms with Crippen LogP contribution in [-0.2, 0) is 6.54 Å². The molecule has 4 rings (SSSR count). The Morgan fingerprint density at radius 2 is 2.09 bits per heavy atom. The average molecular weight is 331 g/mol. The van der Waals surface area contributed by atoms with Crippen molar-refractivity contribution in [2.75, 3.05) is 31.1 Å². The van der Waals surface area contributed by atoms with E-state index >= 15 is 0 Å². The number of rotatable bonds is 4. The minimum absolute atomic E-state index is 0.502. The van der Waals surface area contributed by atoms with Crippen molar-refractivity contribution in [2.24, 2.45) is 0 Å². The number of hydrogen-bond donors (Lipinski definition) is 0. The van der Waals surface area contributed by atoms with Crippen LogP contribution >= 0.6 is 11.3 Å². The Hall–Kier alpha value is -2.19. The molecule has 0 unspecified atom stereocenters. The van der Waals surface area contributed by atoms with E-state index in [-0.39, 0.29) is 0 Å². The van der Waals surface area contributed by atoms with Crippen molar-refractivity contribution in [1.29, 1.82) is 0 Å². The molecule has 1 saturated heterocycles. The summed E-state index contributed by atoms with van der Waals surface area (Å²) in [7, 11) is 0. The molecule has 8 heteroatoms. The maximum absolute atomic E-state index is 5.32. The second-order valence-corrected chi connectivity index (χ2v) is 6.36. The zero-order valence-corrected chi connectivity index (χ0v) is 13.6. The Morgan fingerprint density at radius 3 is 2.78 bits per heavy atom. The summed E-state index contributed by atoms with van der Waals surface area (Å²) in [5, 5.41) is 7.17. The summed E-state index contributed by atoms with van der Waals surface area (Å²) in [4.78, 5) is 13.6. The molecule has 0 spiro atoms. The van der Waals surface area contributed by atoms with Crippen LogP contribution in [0.4, 0.5) is 5.13 Å². The highest BCUT2D eigenvalue weighted by molar-refractivity contribution is 7.13. The van der Waals surface area contributed by atoms with Crippen molar-refractivity contribution < 1.29 is 8.94 Å². The fourth-order valence-electron chi connectivity index (χ4n) is 2.60. The second kappa shape index (κ2) is 6.13. The van der Waals surface area contributed by atoms with E-state index in [1.807, 2.05) is 19.1 Å². The molecule has 0 saturated carbocycles. The number of nitrogens with zero attached hydrogens (tertiary/aromatic N) is 5. The van der Waals surface area contributed by atoms with Crippen molar-refractivity contribution in [2.45, 2.75) is 13.5 Å². The van der Waals surface area contributed by atoms with Crippen LogP contribution in [0.2, 0.25) is 0 Å². The molecule has 120 valence electrons. The topological polar surface area (TPSA) is 71.4 Å². The quantitative estimate of drug-likeness (QED) is 0.727. The molecule has 7 nitrogen and oxygen atoms in total. The Kier molecular flexibility index (Phi) is 3.84. The smallest absolute Gasteiger partial charge is 0.241 e. The molecule has 0 bridgehead atoms. The lowest BCUT2D eigenvalue weighted by Gasteiger charge is -2.33. The summed E-state index contributed by atoms with van der Waals surface area (Å²) in [5.41, 5.74) is 1.09. The van der Waals surface area contributed by atoms with Crippen LogP contribution in [0, 0.1) is 6.92 Å². The number of aryl methyl sites for hydroxylation is 1. The van der Waals surface area contributed by atoms with Crippen molar-refractivity contribution in [1.82, 2.24) is 20.0 Å². The van der Waals surface area contributed by atoms with E-state index < -0.39 is 0 Å². The van der Waals surface area contributed by atoms with Crippen molar-refractivity contribution in [3.05, 3.63) is 35.4 Å². The number of aromatic nitrogens is 3. The highest BCUT2D eigenvalue weighted by Crippen LogP contribution is 2.22. The van der Waals surface area contributed by atoms with E-state index in [2.05, 4.69) is 30.3 Å². The summed E-state index contributed by atoms with van der Waals surface area (Å²) in [6.07, 6.45) is 1.60. The van der Waals surface area contributed by atoms with Crippen LogP contribution in [0.25, 0.3) is 11.6 Å². The van der Waals surface area contributed by atoms with Crippen molar-refractivity contribution in [3.8, 4) is 11.6 Å². The van der Waals surface area contributed by atoms with Crippen LogP contribution in [-0.4, -0.2) is 46.2 Å². The lowest BCUT2D eigenvalue weighted by atomic mass is 10.3. The summed E-state index contributed by atoms with van der Waals surface area (Å²) in [5.74, 6) is 1.75. The highest BCUT2D eigenvalue weighted by atomic mass is 32.1. The molecule has 1 fully saturated rings. The molecular weight excluding hydrogens is 314 g/mol. The van der Waals surface area contributed by atoms with Gasteiger partial charge in [-0.15, -0.1) is 11.3 Å². The minimum Gasteiger partial charge on any atom is -0.461 e. The van der Waals surface area contributed by atoms with Gasteiger partial charge in [-0.3, -0.25) is 4.90 Å². The van der Waals surface area contributed by atoms with Crippen molar-refractivity contribution in [3.63, 3.8) is 0 Å². The first-order valence-electron chi connectivity index (χ1n) is 7.54. The largest absolute Gasteiger partial charge is 0.461 e. The molecule has 0 N–H and O–H groups in total. The maximum Gasteiger partial charge on any atom is 0.241 e. The SMILES string of the molecule is Cc1csc(N2CCN(Cc3nc(-c4ccco4)no3)CC2)n1. The average Bonchev–Trinajstić information content (AvgIpc) is 3.28. The zero-order chi connectivity index (χ0) is 15.6. The van der Waals surface area contributed by atoms with Gasteiger partial charge in [0.15, 0.2) is 10.9 Å². The molecule has 0 aromatic carbocycles. The van der Waals surface area contributed by atoms with Gasteiger partial charge >= 0.3 is 0 Å².